The highest BCUT2D eigenvalue weighted by molar-refractivity contribution is 5.96. The Bertz CT molecular complexity index is 845. The third kappa shape index (κ3) is 6.03. The molecule has 0 spiro atoms. The van der Waals surface area contributed by atoms with Crippen molar-refractivity contribution in [1.29, 1.82) is 0 Å². The van der Waals surface area contributed by atoms with Gasteiger partial charge in [-0.3, -0.25) is 4.79 Å². The van der Waals surface area contributed by atoms with E-state index < -0.39 is 0 Å². The van der Waals surface area contributed by atoms with Gasteiger partial charge in [-0.05, 0) is 62.1 Å². The lowest BCUT2D eigenvalue weighted by atomic mass is 10.1. The molecule has 2 aromatic carbocycles. The van der Waals surface area contributed by atoms with Crippen LogP contribution in [0.15, 0.2) is 65.9 Å². The third-order valence-electron chi connectivity index (χ3n) is 4.14. The van der Waals surface area contributed by atoms with Crippen molar-refractivity contribution in [2.75, 3.05) is 0 Å². The molecule has 0 unspecified atom stereocenters. The molecule has 4 heteroatoms. The molecule has 142 valence electrons. The van der Waals surface area contributed by atoms with E-state index in [9.17, 15) is 4.79 Å². The van der Waals surface area contributed by atoms with Crippen LogP contribution in [0.5, 0.6) is 11.5 Å². The normalized spacial score (nSPS) is 12.0. The van der Waals surface area contributed by atoms with Crippen molar-refractivity contribution in [1.82, 2.24) is 5.32 Å². The molecule has 0 aromatic heterocycles. The van der Waals surface area contributed by atoms with Gasteiger partial charge < -0.3 is 15.8 Å². The fraction of sp³-hybridized carbons (Fsp3) is 0.261. The average Bonchev–Trinajstić information content (AvgIpc) is 2.64. The van der Waals surface area contributed by atoms with E-state index in [1.54, 1.807) is 13.0 Å². The lowest BCUT2D eigenvalue weighted by molar-refractivity contribution is -0.117. The molecular formula is C23H28N2O2. The van der Waals surface area contributed by atoms with Gasteiger partial charge >= 0.3 is 0 Å². The van der Waals surface area contributed by atoms with E-state index in [-0.39, 0.29) is 5.91 Å². The van der Waals surface area contributed by atoms with E-state index in [0.29, 0.717) is 17.8 Å². The Kier molecular flexibility index (Phi) is 7.24. The van der Waals surface area contributed by atoms with Crippen LogP contribution in [-0.4, -0.2) is 5.91 Å². The van der Waals surface area contributed by atoms with Crippen LogP contribution in [0, 0.1) is 13.8 Å². The van der Waals surface area contributed by atoms with Gasteiger partial charge in [-0.2, -0.15) is 0 Å². The SMILES string of the molecule is CC/C=C\C(C(=O)NCc1ccc(Oc2cc(C)ccc2C)cc1)=C(/C)N. The number of hydrogen-bond acceptors (Lipinski definition) is 3. The van der Waals surface area contributed by atoms with E-state index in [0.717, 1.165) is 34.6 Å². The van der Waals surface area contributed by atoms with Crippen LogP contribution in [0.3, 0.4) is 0 Å². The number of aryl methyl sites for hydroxylation is 2. The predicted molar refractivity (Wildman–Crippen MR) is 111 cm³/mol. The van der Waals surface area contributed by atoms with Crippen molar-refractivity contribution >= 4 is 5.91 Å². The monoisotopic (exact) mass is 364 g/mol. The highest BCUT2D eigenvalue weighted by atomic mass is 16.5. The fourth-order valence-corrected chi connectivity index (χ4v) is 2.52. The zero-order valence-electron chi connectivity index (χ0n) is 16.5. The number of nitrogens with one attached hydrogen (secondary N) is 1. The number of hydrogen-bond donors (Lipinski definition) is 2. The van der Waals surface area contributed by atoms with Gasteiger partial charge in [-0.15, -0.1) is 0 Å². The van der Waals surface area contributed by atoms with E-state index in [1.807, 2.05) is 63.2 Å². The summed E-state index contributed by atoms with van der Waals surface area (Å²) in [4.78, 5) is 12.3. The maximum absolute atomic E-state index is 12.3. The summed E-state index contributed by atoms with van der Waals surface area (Å²) in [6.45, 7) is 8.24. The van der Waals surface area contributed by atoms with E-state index in [4.69, 9.17) is 10.5 Å². The van der Waals surface area contributed by atoms with Crippen molar-refractivity contribution in [3.8, 4) is 11.5 Å². The van der Waals surface area contributed by atoms with E-state index in [1.165, 1.54) is 0 Å². The quantitative estimate of drug-likeness (QED) is 0.542. The van der Waals surface area contributed by atoms with Crippen LogP contribution < -0.4 is 15.8 Å². The predicted octanol–water partition coefficient (Wildman–Crippen LogP) is 4.91. The molecule has 0 atom stereocenters. The maximum Gasteiger partial charge on any atom is 0.253 e. The van der Waals surface area contributed by atoms with Crippen molar-refractivity contribution in [2.24, 2.45) is 5.73 Å². The number of carbonyl (C=O) groups excluding carboxylic acids is 1. The molecule has 0 saturated heterocycles. The molecule has 0 aliphatic carbocycles. The van der Waals surface area contributed by atoms with Crippen LogP contribution in [0.4, 0.5) is 0 Å². The largest absolute Gasteiger partial charge is 0.457 e. The van der Waals surface area contributed by atoms with Gasteiger partial charge in [-0.25, -0.2) is 0 Å². The second-order valence-electron chi connectivity index (χ2n) is 6.60. The standard InChI is InChI=1S/C23H28N2O2/c1-5-6-7-21(18(4)24)23(26)25-15-19-10-12-20(13-11-19)27-22-14-16(2)8-9-17(22)3/h6-14H,5,15,24H2,1-4H3,(H,25,26)/b7-6-,21-18-. The number of carbonyl (C=O) groups is 1. The Balaban J connectivity index is 1.99. The first-order chi connectivity index (χ1) is 12.9. The summed E-state index contributed by atoms with van der Waals surface area (Å²) < 4.78 is 5.96. The van der Waals surface area contributed by atoms with Gasteiger partial charge in [0.1, 0.15) is 11.5 Å². The maximum atomic E-state index is 12.3. The minimum absolute atomic E-state index is 0.171. The second kappa shape index (κ2) is 9.62. The molecule has 1 amide bonds. The minimum Gasteiger partial charge on any atom is -0.457 e. The number of benzene rings is 2. The Morgan fingerprint density at radius 2 is 1.85 bits per heavy atom. The molecule has 0 fully saturated rings. The highest BCUT2D eigenvalue weighted by Gasteiger charge is 2.08. The summed E-state index contributed by atoms with van der Waals surface area (Å²) in [6.07, 6.45) is 4.54. The molecule has 0 heterocycles. The van der Waals surface area contributed by atoms with E-state index >= 15 is 0 Å². The lowest BCUT2D eigenvalue weighted by Gasteiger charge is -2.11. The Labute approximate surface area is 161 Å². The lowest BCUT2D eigenvalue weighted by Crippen LogP contribution is -2.25. The number of ether oxygens (including phenoxy) is 1. The zero-order valence-corrected chi connectivity index (χ0v) is 16.5. The number of amides is 1. The Hall–Kier alpha value is -3.01. The molecule has 0 radical (unpaired) electrons. The molecule has 2 aromatic rings. The first-order valence-electron chi connectivity index (χ1n) is 9.15. The Morgan fingerprint density at radius 1 is 1.15 bits per heavy atom. The van der Waals surface area contributed by atoms with Crippen molar-refractivity contribution < 1.29 is 9.53 Å². The molecule has 0 bridgehead atoms. The van der Waals surface area contributed by atoms with Gasteiger partial charge in [-0.1, -0.05) is 43.3 Å². The van der Waals surface area contributed by atoms with Crippen molar-refractivity contribution in [2.45, 2.75) is 40.7 Å². The van der Waals surface area contributed by atoms with Gasteiger partial charge in [0.15, 0.2) is 0 Å². The van der Waals surface area contributed by atoms with Crippen LogP contribution in [0.1, 0.15) is 37.0 Å². The summed E-state index contributed by atoms with van der Waals surface area (Å²) >= 11 is 0. The fourth-order valence-electron chi connectivity index (χ4n) is 2.52. The molecule has 0 saturated carbocycles. The smallest absolute Gasteiger partial charge is 0.253 e. The summed E-state index contributed by atoms with van der Waals surface area (Å²) in [7, 11) is 0. The number of allylic oxidation sites excluding steroid dienone is 2. The van der Waals surface area contributed by atoms with Crippen LogP contribution >= 0.6 is 0 Å². The van der Waals surface area contributed by atoms with Crippen molar-refractivity contribution in [3.63, 3.8) is 0 Å². The van der Waals surface area contributed by atoms with Crippen LogP contribution in [-0.2, 0) is 11.3 Å². The highest BCUT2D eigenvalue weighted by Crippen LogP contribution is 2.26. The zero-order chi connectivity index (χ0) is 19.8. The third-order valence-corrected chi connectivity index (χ3v) is 4.14. The summed E-state index contributed by atoms with van der Waals surface area (Å²) in [5.41, 5.74) is 10.1. The summed E-state index contributed by atoms with van der Waals surface area (Å²) in [6, 6.07) is 13.8. The average molecular weight is 364 g/mol. The van der Waals surface area contributed by atoms with Crippen LogP contribution in [0.25, 0.3) is 0 Å². The molecular weight excluding hydrogens is 336 g/mol. The van der Waals surface area contributed by atoms with Gasteiger partial charge in [0.25, 0.3) is 5.91 Å². The van der Waals surface area contributed by atoms with Gasteiger partial charge in [0.2, 0.25) is 0 Å². The number of nitrogens with two attached hydrogens (primary N) is 1. The second-order valence-corrected chi connectivity index (χ2v) is 6.60. The first kappa shape index (κ1) is 20.3. The van der Waals surface area contributed by atoms with Crippen LogP contribution in [0.2, 0.25) is 0 Å². The Morgan fingerprint density at radius 3 is 2.48 bits per heavy atom. The van der Waals surface area contributed by atoms with Gasteiger partial charge in [0, 0.05) is 12.2 Å². The minimum atomic E-state index is -0.171. The van der Waals surface area contributed by atoms with E-state index in [2.05, 4.69) is 11.4 Å². The molecule has 3 N–H and O–H groups in total. The molecule has 0 aliphatic rings. The summed E-state index contributed by atoms with van der Waals surface area (Å²) in [5.74, 6) is 1.45. The summed E-state index contributed by atoms with van der Waals surface area (Å²) in [5, 5.41) is 2.91. The molecule has 2 rings (SSSR count). The van der Waals surface area contributed by atoms with Crippen molar-refractivity contribution in [3.05, 3.63) is 82.6 Å². The van der Waals surface area contributed by atoms with Gasteiger partial charge in [0.05, 0.1) is 5.57 Å². The topological polar surface area (TPSA) is 64.3 Å². The molecule has 0 aliphatic heterocycles. The first-order valence-corrected chi connectivity index (χ1v) is 9.15. The molecule has 27 heavy (non-hydrogen) atoms. The molecule has 4 nitrogen and oxygen atoms in total. The number of rotatable bonds is 7.